The number of carbonyl (C=O) groups is 4. The number of methoxy groups -OCH3 is 1. The molecule has 1 fully saturated rings. The number of nitrogens with one attached hydrogen (secondary N) is 2. The van der Waals surface area contributed by atoms with Crippen LogP contribution in [-0.2, 0) is 11.2 Å². The van der Waals surface area contributed by atoms with Gasteiger partial charge in [-0.25, -0.2) is 14.6 Å². The van der Waals surface area contributed by atoms with Crippen LogP contribution in [0.25, 0.3) is 0 Å². The van der Waals surface area contributed by atoms with Gasteiger partial charge in [0.05, 0.1) is 30.3 Å². The largest absolute Gasteiger partial charge is 0.496 e. The topological polar surface area (TPSA) is 163 Å². The van der Waals surface area contributed by atoms with Crippen LogP contribution in [0, 0.1) is 0 Å². The van der Waals surface area contributed by atoms with Gasteiger partial charge in [-0.15, -0.1) is 0 Å². The minimum Gasteiger partial charge on any atom is -0.496 e. The predicted octanol–water partition coefficient (Wildman–Crippen LogP) is 6.83. The first-order valence-corrected chi connectivity index (χ1v) is 16.4. The number of hydrazone groups is 1. The molecule has 47 heavy (non-hydrogen) atoms. The van der Waals surface area contributed by atoms with Crippen molar-refractivity contribution in [3.63, 3.8) is 0 Å². The van der Waals surface area contributed by atoms with Crippen LogP contribution >= 0.6 is 23.5 Å². The second-order valence-electron chi connectivity index (χ2n) is 10.8. The smallest absolute Gasteiger partial charge is 0.335 e. The van der Waals surface area contributed by atoms with E-state index in [4.69, 9.17) is 27.2 Å². The summed E-state index contributed by atoms with van der Waals surface area (Å²) in [5.74, 6) is -0.845. The molecule has 2 aliphatic rings. The number of nitrogens with zero attached hydrogens (tertiary/aromatic N) is 2. The van der Waals surface area contributed by atoms with Crippen molar-refractivity contribution in [3.8, 4) is 5.75 Å². The lowest BCUT2D eigenvalue weighted by atomic mass is 10.0. The average molecular weight is 682 g/mol. The summed E-state index contributed by atoms with van der Waals surface area (Å²) >= 11 is 7.08. The molecular formula is C34H40ClN5O6S. The lowest BCUT2D eigenvalue weighted by Gasteiger charge is -2.11. The standard InChI is InChI=1S/C17H18ClN3O3S.C11H10N2O3.C6H12/c1-24-15-7-4-12(18)10-14(15)16(22)20-9-8-11-2-5-13(6-3-11)25-21-17(19)23;1-7-6-10(14)13(12-7)9-4-2-8(3-5-9)11(15)16;1-2-4-6-5-3-1/h2-7,10H,8-9H2,1H3,(H,20,22)(H3,19,21,23);2-5H,6H2,1H3,(H,15,16);1-6H2. The van der Waals surface area contributed by atoms with Crippen LogP contribution in [0.1, 0.15) is 78.1 Å². The number of ether oxygens (including phenoxy) is 1. The number of benzene rings is 3. The summed E-state index contributed by atoms with van der Waals surface area (Å²) in [7, 11) is 1.51. The maximum absolute atomic E-state index is 12.3. The monoisotopic (exact) mass is 681 g/mol. The number of aromatic carboxylic acids is 1. The number of halogens is 1. The van der Waals surface area contributed by atoms with E-state index >= 15 is 0 Å². The molecule has 5 rings (SSSR count). The molecular weight excluding hydrogens is 642 g/mol. The lowest BCUT2D eigenvalue weighted by molar-refractivity contribution is -0.116. The van der Waals surface area contributed by atoms with Crippen LogP contribution in [0.15, 0.2) is 76.7 Å². The number of anilines is 1. The number of hydrogen-bond acceptors (Lipinski definition) is 7. The first-order chi connectivity index (χ1) is 22.6. The molecule has 0 spiro atoms. The minimum atomic E-state index is -0.987. The Balaban J connectivity index is 0.000000230. The molecule has 250 valence electrons. The molecule has 0 aromatic heterocycles. The second kappa shape index (κ2) is 19.2. The van der Waals surface area contributed by atoms with Gasteiger partial charge in [0.15, 0.2) is 0 Å². The van der Waals surface area contributed by atoms with Crippen LogP contribution in [0.2, 0.25) is 5.02 Å². The first-order valence-electron chi connectivity index (χ1n) is 15.2. The van der Waals surface area contributed by atoms with Crippen LogP contribution in [0.5, 0.6) is 5.75 Å². The van der Waals surface area contributed by atoms with Crippen molar-refractivity contribution in [2.24, 2.45) is 10.8 Å². The number of amides is 4. The summed E-state index contributed by atoms with van der Waals surface area (Å²) in [6.45, 7) is 2.25. The molecule has 4 amide bonds. The van der Waals surface area contributed by atoms with Crippen molar-refractivity contribution in [3.05, 3.63) is 88.4 Å². The van der Waals surface area contributed by atoms with E-state index in [1.807, 2.05) is 24.3 Å². The van der Waals surface area contributed by atoms with E-state index in [1.54, 1.807) is 37.3 Å². The number of rotatable bonds is 9. The van der Waals surface area contributed by atoms with Crippen LogP contribution in [0.3, 0.4) is 0 Å². The lowest BCUT2D eigenvalue weighted by Crippen LogP contribution is -2.26. The highest BCUT2D eigenvalue weighted by Gasteiger charge is 2.22. The number of urea groups is 1. The molecule has 1 saturated carbocycles. The summed E-state index contributed by atoms with van der Waals surface area (Å²) in [5, 5.41) is 17.4. The molecule has 11 nitrogen and oxygen atoms in total. The van der Waals surface area contributed by atoms with Gasteiger partial charge in [0.25, 0.3) is 11.8 Å². The van der Waals surface area contributed by atoms with E-state index in [0.29, 0.717) is 41.4 Å². The van der Waals surface area contributed by atoms with Gasteiger partial charge < -0.3 is 20.9 Å². The molecule has 3 aromatic rings. The zero-order chi connectivity index (χ0) is 34.2. The molecule has 3 aromatic carbocycles. The van der Waals surface area contributed by atoms with Gasteiger partial charge in [-0.2, -0.15) is 5.10 Å². The Hall–Kier alpha value is -4.55. The molecule has 1 aliphatic carbocycles. The van der Waals surface area contributed by atoms with Crippen LogP contribution in [-0.4, -0.2) is 48.3 Å². The van der Waals surface area contributed by atoms with Crippen molar-refractivity contribution in [2.45, 2.75) is 63.2 Å². The van der Waals surface area contributed by atoms with E-state index < -0.39 is 12.0 Å². The minimum absolute atomic E-state index is 0.0967. The molecule has 1 aliphatic heterocycles. The number of nitrogens with two attached hydrogens (primary N) is 1. The predicted molar refractivity (Wildman–Crippen MR) is 185 cm³/mol. The number of carbonyl (C=O) groups excluding carboxylic acids is 3. The third-order valence-corrected chi connectivity index (χ3v) is 8.12. The van der Waals surface area contributed by atoms with Gasteiger partial charge in [-0.1, -0.05) is 62.3 Å². The van der Waals surface area contributed by atoms with E-state index in [2.05, 4.69) is 15.1 Å². The maximum Gasteiger partial charge on any atom is 0.335 e. The SMILES string of the molecule is C1CCCCC1.CC1=NN(c2ccc(C(=O)O)cc2)C(=O)C1.COc1ccc(Cl)cc1C(=O)NCCc1ccc(SNC(N)=O)cc1. The number of carboxylic acids is 1. The molecule has 0 saturated heterocycles. The summed E-state index contributed by atoms with van der Waals surface area (Å²) < 4.78 is 7.63. The van der Waals surface area contributed by atoms with Gasteiger partial charge >= 0.3 is 12.0 Å². The highest BCUT2D eigenvalue weighted by Crippen LogP contribution is 2.23. The fraction of sp³-hybridized carbons (Fsp3) is 0.324. The maximum atomic E-state index is 12.3. The van der Waals surface area contributed by atoms with Crippen LogP contribution < -0.4 is 25.5 Å². The average Bonchev–Trinajstić information content (AvgIpc) is 3.43. The van der Waals surface area contributed by atoms with E-state index in [1.165, 1.54) is 62.8 Å². The fourth-order valence-corrected chi connectivity index (χ4v) is 5.33. The van der Waals surface area contributed by atoms with Crippen molar-refractivity contribution in [1.29, 1.82) is 0 Å². The highest BCUT2D eigenvalue weighted by molar-refractivity contribution is 7.98. The Kier molecular flexibility index (Phi) is 15.1. The van der Waals surface area contributed by atoms with Crippen LogP contribution in [0.4, 0.5) is 10.5 Å². The van der Waals surface area contributed by atoms with Gasteiger partial charge in [0.1, 0.15) is 5.75 Å². The second-order valence-corrected chi connectivity index (χ2v) is 12.1. The molecule has 1 heterocycles. The number of carboxylic acid groups (broad SMARTS) is 1. The van der Waals surface area contributed by atoms with Crippen molar-refractivity contribution in [2.75, 3.05) is 18.7 Å². The third-order valence-electron chi connectivity index (χ3n) is 7.07. The van der Waals surface area contributed by atoms with Crippen molar-refractivity contribution >= 4 is 58.8 Å². The Bertz CT molecular complexity index is 1530. The van der Waals surface area contributed by atoms with Gasteiger partial charge in [-0.3, -0.25) is 14.3 Å². The molecule has 0 radical (unpaired) electrons. The zero-order valence-corrected chi connectivity index (χ0v) is 28.0. The highest BCUT2D eigenvalue weighted by atomic mass is 35.5. The Morgan fingerprint density at radius 2 is 1.60 bits per heavy atom. The van der Waals surface area contributed by atoms with Gasteiger partial charge in [0.2, 0.25) is 0 Å². The van der Waals surface area contributed by atoms with E-state index in [0.717, 1.165) is 28.1 Å². The molecule has 0 atom stereocenters. The summed E-state index contributed by atoms with van der Waals surface area (Å²) in [5.41, 5.74) is 8.01. The van der Waals surface area contributed by atoms with Gasteiger partial charge in [0, 0.05) is 22.2 Å². The first kappa shape index (κ1) is 36.9. The van der Waals surface area contributed by atoms with Gasteiger partial charge in [-0.05, 0) is 85.5 Å². The number of hydrogen-bond donors (Lipinski definition) is 4. The Morgan fingerprint density at radius 3 is 2.11 bits per heavy atom. The van der Waals surface area contributed by atoms with E-state index in [9.17, 15) is 19.2 Å². The Labute approximate surface area is 284 Å². The van der Waals surface area contributed by atoms with Crippen molar-refractivity contribution in [1.82, 2.24) is 10.0 Å². The summed E-state index contributed by atoms with van der Waals surface area (Å²) in [6, 6.07) is 18.0. The third kappa shape index (κ3) is 12.6. The molecule has 5 N–H and O–H groups in total. The quantitative estimate of drug-likeness (QED) is 0.180. The van der Waals surface area contributed by atoms with E-state index in [-0.39, 0.29) is 17.4 Å². The fourth-order valence-electron chi connectivity index (χ4n) is 4.67. The van der Waals surface area contributed by atoms with Crippen molar-refractivity contribution < 1.29 is 29.0 Å². The Morgan fingerprint density at radius 1 is 0.979 bits per heavy atom. The molecule has 13 heteroatoms. The number of primary amides is 1. The zero-order valence-electron chi connectivity index (χ0n) is 26.5. The molecule has 0 unspecified atom stereocenters. The molecule has 0 bridgehead atoms. The normalized spacial score (nSPS) is 13.6. The summed E-state index contributed by atoms with van der Waals surface area (Å²) in [4.78, 5) is 45.9. The summed E-state index contributed by atoms with van der Waals surface area (Å²) in [6.07, 6.45) is 9.99.